The number of hydrogen-bond acceptors (Lipinski definition) is 4. The summed E-state index contributed by atoms with van der Waals surface area (Å²) < 4.78 is 33.6. The van der Waals surface area contributed by atoms with Gasteiger partial charge in [0.15, 0.2) is 0 Å². The number of nitrogens with two attached hydrogens (primary N) is 1. The van der Waals surface area contributed by atoms with Gasteiger partial charge in [0.1, 0.15) is 0 Å². The molecule has 0 aliphatic heterocycles. The number of primary sulfonamides is 1. The maximum absolute atomic E-state index is 12.0. The van der Waals surface area contributed by atoms with E-state index in [-0.39, 0.29) is 21.5 Å². The molecule has 0 aliphatic rings. The number of amides is 1. The molecule has 1 rings (SSSR count). The van der Waals surface area contributed by atoms with Crippen molar-refractivity contribution < 1.29 is 17.4 Å². The highest BCUT2D eigenvalue weighted by Gasteiger charge is 2.15. The molecule has 1 aromatic rings. The lowest BCUT2D eigenvalue weighted by Gasteiger charge is -2.13. The van der Waals surface area contributed by atoms with Crippen molar-refractivity contribution in [1.82, 2.24) is 5.32 Å². The largest absolute Gasteiger partial charge is 0.350 e. The molecule has 0 saturated heterocycles. The van der Waals surface area contributed by atoms with Gasteiger partial charge in [-0.15, -0.1) is 0 Å². The van der Waals surface area contributed by atoms with Crippen LogP contribution in [0, 0.1) is 0 Å². The minimum atomic E-state index is -3.94. The Balaban J connectivity index is 2.88. The van der Waals surface area contributed by atoms with Crippen LogP contribution in [0.2, 0.25) is 5.02 Å². The van der Waals surface area contributed by atoms with E-state index in [0.29, 0.717) is 12.2 Å². The third-order valence-corrected chi connectivity index (χ3v) is 4.60. The van der Waals surface area contributed by atoms with Crippen LogP contribution >= 0.6 is 11.6 Å². The molecule has 0 fully saturated rings. The van der Waals surface area contributed by atoms with Crippen LogP contribution in [-0.4, -0.2) is 36.6 Å². The first kappa shape index (κ1) is 18.1. The Morgan fingerprint density at radius 2 is 2.05 bits per heavy atom. The lowest BCUT2D eigenvalue weighted by atomic mass is 10.2. The Morgan fingerprint density at radius 1 is 1.43 bits per heavy atom. The Hall–Kier alpha value is -0.960. The average molecular weight is 353 g/mol. The monoisotopic (exact) mass is 352 g/mol. The number of benzene rings is 1. The van der Waals surface area contributed by atoms with Gasteiger partial charge in [0, 0.05) is 39.4 Å². The van der Waals surface area contributed by atoms with Crippen LogP contribution in [0.4, 0.5) is 0 Å². The molecule has 0 aliphatic carbocycles. The molecule has 0 heterocycles. The fraction of sp³-hybridized carbons (Fsp3) is 0.417. The van der Waals surface area contributed by atoms with Crippen molar-refractivity contribution in [1.29, 1.82) is 0 Å². The zero-order valence-electron chi connectivity index (χ0n) is 11.6. The van der Waals surface area contributed by atoms with Gasteiger partial charge in [-0.1, -0.05) is 11.6 Å². The SMILES string of the molecule is CC(CCS(C)=O)NC(=O)c1cc(Cl)cc(S(N)(=O)=O)c1. The third kappa shape index (κ3) is 6.13. The van der Waals surface area contributed by atoms with Crippen molar-refractivity contribution in [3.63, 3.8) is 0 Å². The molecule has 21 heavy (non-hydrogen) atoms. The molecule has 0 aromatic heterocycles. The van der Waals surface area contributed by atoms with Gasteiger partial charge >= 0.3 is 0 Å². The van der Waals surface area contributed by atoms with Crippen molar-refractivity contribution in [2.24, 2.45) is 5.14 Å². The highest BCUT2D eigenvalue weighted by Crippen LogP contribution is 2.18. The van der Waals surface area contributed by atoms with Crippen LogP contribution in [-0.2, 0) is 20.8 Å². The summed E-state index contributed by atoms with van der Waals surface area (Å²) in [5, 5.41) is 7.82. The zero-order chi connectivity index (χ0) is 16.2. The van der Waals surface area contributed by atoms with Gasteiger partial charge in [-0.3, -0.25) is 9.00 Å². The van der Waals surface area contributed by atoms with E-state index in [1.807, 2.05) is 0 Å². The Bertz CT molecular complexity index is 661. The second kappa shape index (κ2) is 7.35. The van der Waals surface area contributed by atoms with E-state index in [4.69, 9.17) is 16.7 Å². The quantitative estimate of drug-likeness (QED) is 0.792. The van der Waals surface area contributed by atoms with Crippen molar-refractivity contribution in [2.45, 2.75) is 24.3 Å². The topological polar surface area (TPSA) is 106 Å². The molecular weight excluding hydrogens is 336 g/mol. The number of nitrogens with one attached hydrogen (secondary N) is 1. The summed E-state index contributed by atoms with van der Waals surface area (Å²) in [4.78, 5) is 11.8. The van der Waals surface area contributed by atoms with Crippen molar-refractivity contribution in [3.8, 4) is 0 Å². The molecule has 0 saturated carbocycles. The fourth-order valence-corrected chi connectivity index (χ4v) is 3.15. The average Bonchev–Trinajstić information content (AvgIpc) is 2.34. The predicted octanol–water partition coefficient (Wildman–Crippen LogP) is 0.874. The van der Waals surface area contributed by atoms with Crippen LogP contribution in [0.1, 0.15) is 23.7 Å². The van der Waals surface area contributed by atoms with Gasteiger partial charge in [-0.25, -0.2) is 13.6 Å². The normalized spacial score (nSPS) is 14.5. The van der Waals surface area contributed by atoms with E-state index in [2.05, 4.69) is 5.32 Å². The van der Waals surface area contributed by atoms with E-state index in [1.54, 1.807) is 13.2 Å². The minimum Gasteiger partial charge on any atom is -0.350 e. The molecule has 2 unspecified atom stereocenters. The lowest BCUT2D eigenvalue weighted by Crippen LogP contribution is -2.33. The van der Waals surface area contributed by atoms with E-state index < -0.39 is 26.7 Å². The van der Waals surface area contributed by atoms with Gasteiger partial charge < -0.3 is 5.32 Å². The summed E-state index contributed by atoms with van der Waals surface area (Å²) in [7, 11) is -4.87. The van der Waals surface area contributed by atoms with Gasteiger partial charge in [0.05, 0.1) is 4.90 Å². The fourth-order valence-electron chi connectivity index (χ4n) is 1.58. The maximum Gasteiger partial charge on any atom is 0.251 e. The molecule has 118 valence electrons. The summed E-state index contributed by atoms with van der Waals surface area (Å²) in [6.07, 6.45) is 2.14. The second-order valence-corrected chi connectivity index (χ2v) is 8.21. The summed E-state index contributed by atoms with van der Waals surface area (Å²) in [6.45, 7) is 1.77. The number of carbonyl (C=O) groups excluding carboxylic acids is 1. The second-order valence-electron chi connectivity index (χ2n) is 4.66. The van der Waals surface area contributed by atoms with E-state index >= 15 is 0 Å². The number of hydrogen-bond donors (Lipinski definition) is 2. The summed E-state index contributed by atoms with van der Waals surface area (Å²) in [5.41, 5.74) is 0.107. The summed E-state index contributed by atoms with van der Waals surface area (Å²) in [5.74, 6) is 0.0103. The predicted molar refractivity (Wildman–Crippen MR) is 83.3 cm³/mol. The van der Waals surface area contributed by atoms with Gasteiger partial charge in [-0.2, -0.15) is 0 Å². The number of rotatable bonds is 6. The first-order valence-electron chi connectivity index (χ1n) is 6.04. The summed E-state index contributed by atoms with van der Waals surface area (Å²) in [6, 6.07) is 3.51. The molecule has 0 spiro atoms. The molecule has 2 atom stereocenters. The Kier molecular flexibility index (Phi) is 6.33. The van der Waals surface area contributed by atoms with E-state index in [9.17, 15) is 17.4 Å². The van der Waals surface area contributed by atoms with Gasteiger partial charge in [0.2, 0.25) is 10.0 Å². The lowest BCUT2D eigenvalue weighted by molar-refractivity contribution is 0.0939. The molecule has 6 nitrogen and oxygen atoms in total. The molecule has 3 N–H and O–H groups in total. The van der Waals surface area contributed by atoms with Crippen molar-refractivity contribution in [3.05, 3.63) is 28.8 Å². The van der Waals surface area contributed by atoms with Crippen molar-refractivity contribution >= 4 is 38.3 Å². The number of carbonyl (C=O) groups is 1. The first-order chi connectivity index (χ1) is 9.59. The third-order valence-electron chi connectivity index (χ3n) is 2.68. The minimum absolute atomic E-state index is 0.106. The van der Waals surface area contributed by atoms with Crippen LogP contribution in [0.25, 0.3) is 0 Å². The van der Waals surface area contributed by atoms with Crippen LogP contribution in [0.5, 0.6) is 0 Å². The Morgan fingerprint density at radius 3 is 2.57 bits per heavy atom. The molecule has 1 amide bonds. The standard InChI is InChI=1S/C12H17ClN2O4S2/c1-8(3-4-20(2)17)15-12(16)9-5-10(13)7-11(6-9)21(14,18)19/h5-8H,3-4H2,1-2H3,(H,15,16)(H2,14,18,19). The van der Waals surface area contributed by atoms with Crippen LogP contribution < -0.4 is 10.5 Å². The number of sulfonamides is 1. The highest BCUT2D eigenvalue weighted by molar-refractivity contribution is 7.89. The molecule has 0 radical (unpaired) electrons. The van der Waals surface area contributed by atoms with Crippen LogP contribution in [0.15, 0.2) is 23.1 Å². The summed E-state index contributed by atoms with van der Waals surface area (Å²) >= 11 is 5.80. The zero-order valence-corrected chi connectivity index (χ0v) is 14.0. The molecular formula is C12H17ClN2O4S2. The number of halogens is 1. The Labute approximate surface area is 131 Å². The van der Waals surface area contributed by atoms with Crippen LogP contribution in [0.3, 0.4) is 0 Å². The maximum atomic E-state index is 12.0. The molecule has 1 aromatic carbocycles. The van der Waals surface area contributed by atoms with Gasteiger partial charge in [0.25, 0.3) is 5.91 Å². The van der Waals surface area contributed by atoms with E-state index in [1.165, 1.54) is 18.2 Å². The van der Waals surface area contributed by atoms with Crippen molar-refractivity contribution in [2.75, 3.05) is 12.0 Å². The molecule has 9 heteroatoms. The van der Waals surface area contributed by atoms with E-state index in [0.717, 1.165) is 0 Å². The first-order valence-corrected chi connectivity index (χ1v) is 9.69. The smallest absolute Gasteiger partial charge is 0.251 e. The highest BCUT2D eigenvalue weighted by atomic mass is 35.5. The van der Waals surface area contributed by atoms with Gasteiger partial charge in [-0.05, 0) is 31.5 Å². The molecule has 0 bridgehead atoms.